The minimum atomic E-state index is -0.133. The van der Waals surface area contributed by atoms with Crippen molar-refractivity contribution in [3.63, 3.8) is 0 Å². The number of hydrogen-bond acceptors (Lipinski definition) is 2. The zero-order valence-electron chi connectivity index (χ0n) is 8.02. The second kappa shape index (κ2) is 2.92. The van der Waals surface area contributed by atoms with E-state index in [0.717, 1.165) is 6.42 Å². The fourth-order valence-electron chi connectivity index (χ4n) is 1.40. The van der Waals surface area contributed by atoms with Crippen LogP contribution in [-0.4, -0.2) is 5.97 Å². The third-order valence-electron chi connectivity index (χ3n) is 2.37. The molecule has 0 aromatic carbocycles. The molecular formula is C10H16O2. The highest BCUT2D eigenvalue weighted by Crippen LogP contribution is 2.36. The van der Waals surface area contributed by atoms with Gasteiger partial charge in [0, 0.05) is 12.8 Å². The van der Waals surface area contributed by atoms with Crippen LogP contribution in [0.2, 0.25) is 0 Å². The second-order valence-electron chi connectivity index (χ2n) is 4.48. The molecule has 0 amide bonds. The number of esters is 1. The van der Waals surface area contributed by atoms with E-state index in [1.54, 1.807) is 0 Å². The van der Waals surface area contributed by atoms with Gasteiger partial charge in [0.15, 0.2) is 0 Å². The van der Waals surface area contributed by atoms with Crippen LogP contribution in [-0.2, 0) is 9.53 Å². The molecule has 1 aliphatic rings. The Morgan fingerprint density at radius 1 is 1.42 bits per heavy atom. The fraction of sp³-hybridized carbons (Fsp3) is 0.700. The maximum absolute atomic E-state index is 11.0. The average molecular weight is 168 g/mol. The molecule has 1 atom stereocenters. The molecule has 2 nitrogen and oxygen atoms in total. The summed E-state index contributed by atoms with van der Waals surface area (Å²) in [6.45, 7) is 10.1. The van der Waals surface area contributed by atoms with Gasteiger partial charge < -0.3 is 4.74 Å². The molecule has 0 unspecified atom stereocenters. The van der Waals surface area contributed by atoms with E-state index in [9.17, 15) is 4.79 Å². The fourth-order valence-corrected chi connectivity index (χ4v) is 1.40. The Morgan fingerprint density at radius 3 is 2.42 bits per heavy atom. The molecule has 0 spiro atoms. The molecule has 0 saturated carbocycles. The molecule has 68 valence electrons. The first-order valence-electron chi connectivity index (χ1n) is 4.28. The molecule has 0 radical (unpaired) electrons. The topological polar surface area (TPSA) is 26.3 Å². The van der Waals surface area contributed by atoms with Crippen molar-refractivity contribution in [2.75, 3.05) is 0 Å². The summed E-state index contributed by atoms with van der Waals surface area (Å²) in [5.41, 5.74) is 0.169. The number of carbonyl (C=O) groups excluding carboxylic acids is 1. The highest BCUT2D eigenvalue weighted by atomic mass is 16.5. The Kier molecular flexibility index (Phi) is 2.27. The lowest BCUT2D eigenvalue weighted by molar-refractivity contribution is -0.145. The van der Waals surface area contributed by atoms with Crippen molar-refractivity contribution in [2.45, 2.75) is 33.6 Å². The number of ether oxygens (including phenoxy) is 1. The van der Waals surface area contributed by atoms with Crippen LogP contribution in [0.4, 0.5) is 0 Å². The van der Waals surface area contributed by atoms with Crippen molar-refractivity contribution in [1.29, 1.82) is 0 Å². The maximum Gasteiger partial charge on any atom is 0.311 e. The molecule has 1 fully saturated rings. The van der Waals surface area contributed by atoms with Crippen molar-refractivity contribution in [2.24, 2.45) is 11.3 Å². The first-order valence-corrected chi connectivity index (χ1v) is 4.28. The Labute approximate surface area is 73.6 Å². The van der Waals surface area contributed by atoms with Gasteiger partial charge in [-0.1, -0.05) is 27.4 Å². The summed E-state index contributed by atoms with van der Waals surface area (Å²) in [4.78, 5) is 11.0. The van der Waals surface area contributed by atoms with Crippen molar-refractivity contribution in [3.8, 4) is 0 Å². The summed E-state index contributed by atoms with van der Waals surface area (Å²) in [7, 11) is 0. The summed E-state index contributed by atoms with van der Waals surface area (Å²) >= 11 is 0. The van der Waals surface area contributed by atoms with Crippen molar-refractivity contribution < 1.29 is 9.53 Å². The molecule has 0 aromatic heterocycles. The Bertz CT molecular complexity index is 194. The van der Waals surface area contributed by atoms with Crippen LogP contribution < -0.4 is 0 Å². The standard InChI is InChI=1S/C10H16O2/c1-7-5-8(10(2,3)4)6-9(11)12-7/h8H,1,5-6H2,2-4H3/t8-/m1/s1. The molecule has 1 saturated heterocycles. The van der Waals surface area contributed by atoms with Gasteiger partial charge in [0.25, 0.3) is 0 Å². The van der Waals surface area contributed by atoms with Crippen LogP contribution in [0, 0.1) is 11.3 Å². The van der Waals surface area contributed by atoms with Gasteiger partial charge in [-0.2, -0.15) is 0 Å². The lowest BCUT2D eigenvalue weighted by Gasteiger charge is -2.33. The minimum Gasteiger partial charge on any atom is -0.432 e. The van der Waals surface area contributed by atoms with Crippen LogP contribution in [0.15, 0.2) is 12.3 Å². The summed E-state index contributed by atoms with van der Waals surface area (Å²) < 4.78 is 4.88. The van der Waals surface area contributed by atoms with Gasteiger partial charge in [-0.3, -0.25) is 4.79 Å². The first kappa shape index (κ1) is 9.30. The van der Waals surface area contributed by atoms with E-state index in [0.29, 0.717) is 18.1 Å². The Hall–Kier alpha value is -0.790. The highest BCUT2D eigenvalue weighted by Gasteiger charge is 2.32. The van der Waals surface area contributed by atoms with E-state index in [1.807, 2.05) is 0 Å². The zero-order valence-corrected chi connectivity index (χ0v) is 8.02. The molecule has 0 aromatic rings. The van der Waals surface area contributed by atoms with Gasteiger partial charge in [0.1, 0.15) is 5.76 Å². The number of cyclic esters (lactones) is 1. The van der Waals surface area contributed by atoms with E-state index in [-0.39, 0.29) is 11.4 Å². The summed E-state index contributed by atoms with van der Waals surface area (Å²) in [6.07, 6.45) is 1.34. The van der Waals surface area contributed by atoms with Gasteiger partial charge in [-0.15, -0.1) is 0 Å². The van der Waals surface area contributed by atoms with Gasteiger partial charge in [0.05, 0.1) is 0 Å². The molecule has 0 bridgehead atoms. The molecule has 12 heavy (non-hydrogen) atoms. The first-order chi connectivity index (χ1) is 5.39. The number of hydrogen-bond donors (Lipinski definition) is 0. The van der Waals surface area contributed by atoms with E-state index in [4.69, 9.17) is 4.74 Å². The highest BCUT2D eigenvalue weighted by molar-refractivity contribution is 5.72. The lowest BCUT2D eigenvalue weighted by Crippen LogP contribution is -2.29. The van der Waals surface area contributed by atoms with Gasteiger partial charge >= 0.3 is 5.97 Å². The van der Waals surface area contributed by atoms with Gasteiger partial charge in [-0.25, -0.2) is 0 Å². The zero-order chi connectivity index (χ0) is 9.35. The van der Waals surface area contributed by atoms with E-state index in [2.05, 4.69) is 27.4 Å². The Balaban J connectivity index is 2.68. The maximum atomic E-state index is 11.0. The van der Waals surface area contributed by atoms with Gasteiger partial charge in [-0.05, 0) is 11.3 Å². The van der Waals surface area contributed by atoms with Crippen LogP contribution >= 0.6 is 0 Å². The third kappa shape index (κ3) is 2.10. The molecule has 1 aliphatic heterocycles. The third-order valence-corrected chi connectivity index (χ3v) is 2.37. The average Bonchev–Trinajstić information content (AvgIpc) is 1.82. The summed E-state index contributed by atoms with van der Waals surface area (Å²) in [5, 5.41) is 0. The molecule has 0 aliphatic carbocycles. The van der Waals surface area contributed by atoms with E-state index >= 15 is 0 Å². The summed E-state index contributed by atoms with van der Waals surface area (Å²) in [6, 6.07) is 0. The SMILES string of the molecule is C=C1C[C@@H](C(C)(C)C)CC(=O)O1. The van der Waals surface area contributed by atoms with Crippen LogP contribution in [0.5, 0.6) is 0 Å². The molecule has 2 heteroatoms. The molecular weight excluding hydrogens is 152 g/mol. The largest absolute Gasteiger partial charge is 0.432 e. The predicted molar refractivity (Wildman–Crippen MR) is 47.4 cm³/mol. The van der Waals surface area contributed by atoms with Crippen molar-refractivity contribution in [1.82, 2.24) is 0 Å². The Morgan fingerprint density at radius 2 is 2.00 bits per heavy atom. The molecule has 1 rings (SSSR count). The lowest BCUT2D eigenvalue weighted by atomic mass is 9.76. The second-order valence-corrected chi connectivity index (χ2v) is 4.48. The van der Waals surface area contributed by atoms with Gasteiger partial charge in [0.2, 0.25) is 0 Å². The van der Waals surface area contributed by atoms with Crippen molar-refractivity contribution >= 4 is 5.97 Å². The number of carbonyl (C=O) groups is 1. The quantitative estimate of drug-likeness (QED) is 0.519. The normalized spacial score (nSPS) is 25.4. The van der Waals surface area contributed by atoms with E-state index in [1.165, 1.54) is 0 Å². The van der Waals surface area contributed by atoms with E-state index < -0.39 is 0 Å². The van der Waals surface area contributed by atoms with Crippen LogP contribution in [0.3, 0.4) is 0 Å². The predicted octanol–water partition coefficient (Wildman–Crippen LogP) is 2.50. The molecule has 1 heterocycles. The summed E-state index contributed by atoms with van der Waals surface area (Å²) in [5.74, 6) is 0.864. The minimum absolute atomic E-state index is 0.133. The number of rotatable bonds is 0. The number of allylic oxidation sites excluding steroid dienone is 1. The van der Waals surface area contributed by atoms with Crippen molar-refractivity contribution in [3.05, 3.63) is 12.3 Å². The monoisotopic (exact) mass is 168 g/mol. The molecule has 0 N–H and O–H groups in total. The van der Waals surface area contributed by atoms with Crippen LogP contribution in [0.1, 0.15) is 33.6 Å². The smallest absolute Gasteiger partial charge is 0.311 e. The van der Waals surface area contributed by atoms with Crippen LogP contribution in [0.25, 0.3) is 0 Å².